The highest BCUT2D eigenvalue weighted by Gasteiger charge is 2.24. The maximum Gasteiger partial charge on any atom is 0.305 e. The van der Waals surface area contributed by atoms with Crippen molar-refractivity contribution >= 4 is 23.0 Å². The predicted molar refractivity (Wildman–Crippen MR) is 163 cm³/mol. The highest BCUT2D eigenvalue weighted by molar-refractivity contribution is 5.94. The first-order valence-electron chi connectivity index (χ1n) is 15.4. The summed E-state index contributed by atoms with van der Waals surface area (Å²) in [5.41, 5.74) is 4.64. The first-order valence-corrected chi connectivity index (χ1v) is 15.4. The lowest BCUT2D eigenvalue weighted by Gasteiger charge is -2.34. The van der Waals surface area contributed by atoms with Crippen LogP contribution in [0.2, 0.25) is 0 Å². The van der Waals surface area contributed by atoms with E-state index in [0.717, 1.165) is 102 Å². The smallest absolute Gasteiger partial charge is 0.305 e. The lowest BCUT2D eigenvalue weighted by atomic mass is 9.93. The second kappa shape index (κ2) is 14.2. The number of carbonyl (C=O) groups is 1. The Labute approximate surface area is 243 Å². The number of hydrogen-bond donors (Lipinski definition) is 2. The fraction of sp³-hybridized carbons (Fsp3) is 0.594. The number of nitrogens with zero attached hydrogens (tertiary/aromatic N) is 5. The van der Waals surface area contributed by atoms with Crippen molar-refractivity contribution in [1.29, 1.82) is 0 Å². The molecule has 1 saturated carbocycles. The number of anilines is 1. The van der Waals surface area contributed by atoms with E-state index < -0.39 is 0 Å². The Morgan fingerprint density at radius 1 is 1.05 bits per heavy atom. The summed E-state index contributed by atoms with van der Waals surface area (Å²) < 4.78 is 7.09. The van der Waals surface area contributed by atoms with E-state index in [9.17, 15) is 9.90 Å². The van der Waals surface area contributed by atoms with Gasteiger partial charge in [0.25, 0.3) is 0 Å². The number of carbonyl (C=O) groups excluding carboxylic acids is 1. The zero-order chi connectivity index (χ0) is 28.6. The molecule has 3 aromatic rings. The fourth-order valence-corrected chi connectivity index (χ4v) is 6.10. The second-order valence-corrected chi connectivity index (χ2v) is 11.6. The fourth-order valence-electron chi connectivity index (χ4n) is 6.10. The molecule has 41 heavy (non-hydrogen) atoms. The molecular formula is C32H46N6O3. The molecule has 1 aliphatic heterocycles. The molecule has 1 aromatic carbocycles. The van der Waals surface area contributed by atoms with Crippen LogP contribution in [0, 0.1) is 0 Å². The van der Waals surface area contributed by atoms with Crippen molar-refractivity contribution in [3.05, 3.63) is 42.2 Å². The Kier molecular flexibility index (Phi) is 10.2. The van der Waals surface area contributed by atoms with E-state index in [2.05, 4.69) is 62.1 Å². The van der Waals surface area contributed by atoms with Crippen LogP contribution < -0.4 is 5.32 Å². The van der Waals surface area contributed by atoms with Gasteiger partial charge in [-0.15, -0.1) is 0 Å². The molecule has 3 heterocycles. The van der Waals surface area contributed by atoms with E-state index in [4.69, 9.17) is 9.72 Å². The number of methoxy groups -OCH3 is 1. The van der Waals surface area contributed by atoms with Crippen molar-refractivity contribution in [1.82, 2.24) is 24.3 Å². The topological polar surface area (TPSA) is 95.8 Å². The monoisotopic (exact) mass is 562 g/mol. The summed E-state index contributed by atoms with van der Waals surface area (Å²) in [5, 5.41) is 14.6. The number of esters is 1. The molecule has 1 saturated heterocycles. The molecule has 0 radical (unpaired) electrons. The first kappa shape index (κ1) is 29.5. The molecule has 2 fully saturated rings. The quantitative estimate of drug-likeness (QED) is 0.239. The summed E-state index contributed by atoms with van der Waals surface area (Å²) in [6.45, 7) is 9.09. The van der Waals surface area contributed by atoms with E-state index in [1.807, 2.05) is 6.20 Å². The van der Waals surface area contributed by atoms with Gasteiger partial charge in [-0.05, 0) is 56.2 Å². The van der Waals surface area contributed by atoms with Gasteiger partial charge in [-0.3, -0.25) is 9.69 Å². The van der Waals surface area contributed by atoms with Gasteiger partial charge in [0.05, 0.1) is 13.2 Å². The molecule has 9 nitrogen and oxygen atoms in total. The Bertz CT molecular complexity index is 1260. The number of aromatic nitrogens is 3. The van der Waals surface area contributed by atoms with Crippen LogP contribution in [-0.2, 0) is 16.1 Å². The molecule has 2 aromatic heterocycles. The largest absolute Gasteiger partial charge is 0.469 e. The van der Waals surface area contributed by atoms with Gasteiger partial charge in [-0.1, -0.05) is 37.6 Å². The third-order valence-electron chi connectivity index (χ3n) is 8.66. The van der Waals surface area contributed by atoms with E-state index in [1.165, 1.54) is 23.8 Å². The number of unbranched alkanes of at least 4 members (excludes halogenated alkanes) is 1. The summed E-state index contributed by atoms with van der Waals surface area (Å²) in [4.78, 5) is 25.9. The van der Waals surface area contributed by atoms with Crippen molar-refractivity contribution in [2.75, 3.05) is 51.7 Å². The SMILES string of the molecule is CCCCNc1ncc2c(-c3ccc(CN4CCN(CCCC(=O)OC)CC4)cc3)cn(C3CCC(O)CC3)c2n1. The molecule has 0 unspecified atom stereocenters. The molecule has 222 valence electrons. The van der Waals surface area contributed by atoms with Crippen LogP contribution >= 0.6 is 0 Å². The predicted octanol–water partition coefficient (Wildman–Crippen LogP) is 4.86. The Morgan fingerprint density at radius 2 is 1.78 bits per heavy atom. The van der Waals surface area contributed by atoms with Crippen LogP contribution in [-0.4, -0.2) is 87.9 Å². The molecule has 0 spiro atoms. The maximum atomic E-state index is 11.4. The summed E-state index contributed by atoms with van der Waals surface area (Å²) in [7, 11) is 1.45. The van der Waals surface area contributed by atoms with Crippen LogP contribution in [0.15, 0.2) is 36.7 Å². The normalized spacial score (nSPS) is 20.4. The zero-order valence-electron chi connectivity index (χ0n) is 24.7. The number of aliphatic hydroxyl groups is 1. The molecule has 1 aliphatic carbocycles. The van der Waals surface area contributed by atoms with Gasteiger partial charge < -0.3 is 24.6 Å². The molecule has 9 heteroatoms. The molecule has 0 bridgehead atoms. The number of fused-ring (bicyclic) bond motifs is 1. The van der Waals surface area contributed by atoms with Crippen LogP contribution in [0.3, 0.4) is 0 Å². The number of hydrogen-bond acceptors (Lipinski definition) is 8. The zero-order valence-corrected chi connectivity index (χ0v) is 24.7. The number of piperazine rings is 1. The van der Waals surface area contributed by atoms with Crippen LogP contribution in [0.4, 0.5) is 5.95 Å². The van der Waals surface area contributed by atoms with Crippen molar-refractivity contribution in [2.24, 2.45) is 0 Å². The van der Waals surface area contributed by atoms with Crippen molar-refractivity contribution in [3.8, 4) is 11.1 Å². The second-order valence-electron chi connectivity index (χ2n) is 11.6. The molecule has 0 atom stereocenters. The van der Waals surface area contributed by atoms with Gasteiger partial charge in [0, 0.05) is 75.1 Å². The van der Waals surface area contributed by atoms with E-state index in [-0.39, 0.29) is 12.1 Å². The van der Waals surface area contributed by atoms with Gasteiger partial charge in [-0.25, -0.2) is 4.98 Å². The molecule has 5 rings (SSSR count). The lowest BCUT2D eigenvalue weighted by Crippen LogP contribution is -2.46. The minimum absolute atomic E-state index is 0.123. The molecule has 2 N–H and O–H groups in total. The number of benzene rings is 1. The third kappa shape index (κ3) is 7.64. The average Bonchev–Trinajstić information content (AvgIpc) is 3.38. The number of rotatable bonds is 12. The van der Waals surface area contributed by atoms with Crippen molar-refractivity contribution < 1.29 is 14.6 Å². The van der Waals surface area contributed by atoms with Crippen LogP contribution in [0.1, 0.15) is 69.9 Å². The van der Waals surface area contributed by atoms with Gasteiger partial charge in [0.15, 0.2) is 0 Å². The minimum Gasteiger partial charge on any atom is -0.469 e. The van der Waals surface area contributed by atoms with E-state index in [0.29, 0.717) is 18.4 Å². The Morgan fingerprint density at radius 3 is 2.49 bits per heavy atom. The Hall–Kier alpha value is -3.01. The summed E-state index contributed by atoms with van der Waals surface area (Å²) >= 11 is 0. The Balaban J connectivity index is 1.26. The highest BCUT2D eigenvalue weighted by atomic mass is 16.5. The van der Waals surface area contributed by atoms with Crippen LogP contribution in [0.25, 0.3) is 22.2 Å². The van der Waals surface area contributed by atoms with E-state index >= 15 is 0 Å². The number of nitrogens with one attached hydrogen (secondary N) is 1. The summed E-state index contributed by atoms with van der Waals surface area (Å²) in [5.74, 6) is 0.564. The number of ether oxygens (including phenoxy) is 1. The van der Waals surface area contributed by atoms with Crippen molar-refractivity contribution in [2.45, 2.75) is 77.0 Å². The summed E-state index contributed by atoms with van der Waals surface area (Å²) in [6, 6.07) is 9.30. The van der Waals surface area contributed by atoms with Gasteiger partial charge >= 0.3 is 5.97 Å². The third-order valence-corrected chi connectivity index (χ3v) is 8.66. The van der Waals surface area contributed by atoms with Gasteiger partial charge in [-0.2, -0.15) is 4.98 Å². The maximum absolute atomic E-state index is 11.4. The lowest BCUT2D eigenvalue weighted by molar-refractivity contribution is -0.140. The summed E-state index contributed by atoms with van der Waals surface area (Å²) in [6.07, 6.45) is 11.2. The van der Waals surface area contributed by atoms with Gasteiger partial charge in [0.1, 0.15) is 5.65 Å². The molecule has 0 amide bonds. The number of aliphatic hydroxyl groups excluding tert-OH is 1. The van der Waals surface area contributed by atoms with E-state index in [1.54, 1.807) is 0 Å². The molecular weight excluding hydrogens is 516 g/mol. The van der Waals surface area contributed by atoms with Crippen molar-refractivity contribution in [3.63, 3.8) is 0 Å². The first-order chi connectivity index (χ1) is 20.0. The highest BCUT2D eigenvalue weighted by Crippen LogP contribution is 2.36. The minimum atomic E-state index is -0.185. The molecule has 2 aliphatic rings. The average molecular weight is 563 g/mol. The van der Waals surface area contributed by atoms with Gasteiger partial charge in [0.2, 0.25) is 5.95 Å². The van der Waals surface area contributed by atoms with Crippen LogP contribution in [0.5, 0.6) is 0 Å². The standard InChI is InChI=1S/C32H46N6O3/c1-3-4-15-33-32-34-21-28-29(23-38(31(28)35-32)26-11-13-27(39)14-12-26)25-9-7-24(8-10-25)22-37-19-17-36(18-20-37)16-5-6-30(40)41-2/h7-10,21,23,26-27,39H,3-6,11-20,22H2,1-2H3,(H,33,34,35).